The van der Waals surface area contributed by atoms with Gasteiger partial charge in [0.25, 0.3) is 0 Å². The second-order valence-electron chi connectivity index (χ2n) is 13.5. The van der Waals surface area contributed by atoms with E-state index in [-0.39, 0.29) is 22.0 Å². The molecule has 0 amide bonds. The Labute approximate surface area is 275 Å². The van der Waals surface area contributed by atoms with Gasteiger partial charge in [0.1, 0.15) is 34.5 Å². The van der Waals surface area contributed by atoms with Crippen LogP contribution >= 0.6 is 15.8 Å². The number of rotatable bonds is 7. The van der Waals surface area contributed by atoms with Crippen LogP contribution in [0.2, 0.25) is 0 Å². The zero-order chi connectivity index (χ0) is 33.0. The Morgan fingerprint density at radius 3 is 1.07 bits per heavy atom. The molecule has 0 saturated carbocycles. The maximum Gasteiger partial charge on any atom is 0.162 e. The molecular weight excluding hydrogens is 614 g/mol. The summed E-state index contributed by atoms with van der Waals surface area (Å²) in [6, 6.07) is 24.6. The molecule has 4 aromatic rings. The number of ether oxygens (including phenoxy) is 6. The molecule has 0 saturated heterocycles. The molecule has 0 N–H and O–H groups in total. The minimum atomic E-state index is -0.906. The highest BCUT2D eigenvalue weighted by molar-refractivity contribution is 7.72. The van der Waals surface area contributed by atoms with Crippen LogP contribution in [-0.2, 0) is 0 Å². The predicted octanol–water partition coefficient (Wildman–Crippen LogP) is 9.00. The molecule has 6 rings (SSSR count). The number of fused-ring (bicyclic) bond motifs is 2. The van der Waals surface area contributed by atoms with Crippen LogP contribution in [0.25, 0.3) is 22.3 Å². The van der Waals surface area contributed by atoms with Gasteiger partial charge in [-0.15, -0.1) is 0 Å². The first-order chi connectivity index (χ1) is 21.9. The lowest BCUT2D eigenvalue weighted by Crippen LogP contribution is -2.38. The molecule has 0 aromatic heterocycles. The predicted molar refractivity (Wildman–Crippen MR) is 191 cm³/mol. The summed E-state index contributed by atoms with van der Waals surface area (Å²) in [5, 5.41) is 2.27. The molecule has 4 aromatic carbocycles. The average molecular weight is 659 g/mol. The maximum atomic E-state index is 7.12. The number of hydrogen-bond donors (Lipinski definition) is 0. The Balaban J connectivity index is 1.54. The van der Waals surface area contributed by atoms with Crippen molar-refractivity contribution in [3.8, 4) is 56.8 Å². The zero-order valence-electron chi connectivity index (χ0n) is 28.4. The van der Waals surface area contributed by atoms with E-state index in [4.69, 9.17) is 28.4 Å². The van der Waals surface area contributed by atoms with Gasteiger partial charge in [0.15, 0.2) is 11.7 Å². The lowest BCUT2D eigenvalue weighted by Gasteiger charge is -2.40. The third-order valence-electron chi connectivity index (χ3n) is 8.57. The summed E-state index contributed by atoms with van der Waals surface area (Å²) < 4.78 is 37.8. The largest absolute Gasteiger partial charge is 0.496 e. The van der Waals surface area contributed by atoms with Crippen molar-refractivity contribution in [2.75, 3.05) is 28.4 Å². The topological polar surface area (TPSA) is 55.4 Å². The van der Waals surface area contributed by atoms with Gasteiger partial charge < -0.3 is 28.4 Å². The molecule has 2 heterocycles. The standard InChI is InChI=1S/C38H44O6P2/c1-37(2,3)45-33-23(31-25(39-7)17-13-18-26(31)40-8)15-11-21-29(33)43-35(45)36-44-30-22-12-16-24(34(30)46(36)38(4,5)6)32-27(41-9)19-14-20-28(32)42-10/h11-22,35-36H,1-10H3/t35?,36?,45-,46-/m0/s1. The van der Waals surface area contributed by atoms with Crippen LogP contribution in [0.15, 0.2) is 72.8 Å². The van der Waals surface area contributed by atoms with Crippen molar-refractivity contribution < 1.29 is 28.4 Å². The Morgan fingerprint density at radius 1 is 0.478 bits per heavy atom. The van der Waals surface area contributed by atoms with Gasteiger partial charge in [0.05, 0.1) is 39.6 Å². The summed E-state index contributed by atoms with van der Waals surface area (Å²) in [5.41, 5.74) is 4.07. The zero-order valence-corrected chi connectivity index (χ0v) is 30.2. The van der Waals surface area contributed by atoms with Crippen molar-refractivity contribution in [1.29, 1.82) is 0 Å². The summed E-state index contributed by atoms with van der Waals surface area (Å²) in [7, 11) is 5.03. The fourth-order valence-electron chi connectivity index (χ4n) is 6.79. The van der Waals surface area contributed by atoms with Crippen LogP contribution in [0.4, 0.5) is 0 Å². The lowest BCUT2D eigenvalue weighted by molar-refractivity contribution is 0.171. The molecule has 2 aliphatic rings. The molecule has 242 valence electrons. The van der Waals surface area contributed by atoms with E-state index in [0.29, 0.717) is 0 Å². The SMILES string of the molecule is COc1cccc(OC)c1-c1cccc2c1[P@](C(C)(C)C)C(C1Oc3cccc(-c4c(OC)cccc4OC)c3[P@]1C(C)(C)C)O2. The number of benzene rings is 4. The van der Waals surface area contributed by atoms with Gasteiger partial charge in [-0.25, -0.2) is 0 Å². The first-order valence-corrected chi connectivity index (χ1v) is 18.4. The fourth-order valence-corrected chi connectivity index (χ4v) is 13.7. The summed E-state index contributed by atoms with van der Waals surface area (Å²) in [6.45, 7) is 14.0. The van der Waals surface area contributed by atoms with Crippen molar-refractivity contribution in [3.63, 3.8) is 0 Å². The molecule has 0 radical (unpaired) electrons. The maximum absolute atomic E-state index is 7.12. The molecule has 2 unspecified atom stereocenters. The van der Waals surface area contributed by atoms with Crippen molar-refractivity contribution in [2.45, 2.75) is 63.5 Å². The number of hydrogen-bond acceptors (Lipinski definition) is 6. The van der Waals surface area contributed by atoms with Gasteiger partial charge in [-0.2, -0.15) is 0 Å². The Hall–Kier alpha value is -3.46. The summed E-state index contributed by atoms with van der Waals surface area (Å²) in [4.78, 5) is 0. The molecule has 6 nitrogen and oxygen atoms in total. The first-order valence-electron chi connectivity index (χ1n) is 15.5. The van der Waals surface area contributed by atoms with Crippen molar-refractivity contribution in [2.24, 2.45) is 0 Å². The highest BCUT2D eigenvalue weighted by atomic mass is 31.1. The van der Waals surface area contributed by atoms with E-state index in [1.54, 1.807) is 28.4 Å². The van der Waals surface area contributed by atoms with Crippen LogP contribution in [0.5, 0.6) is 34.5 Å². The molecule has 46 heavy (non-hydrogen) atoms. The Morgan fingerprint density at radius 2 is 0.783 bits per heavy atom. The van der Waals surface area contributed by atoms with Crippen molar-refractivity contribution >= 4 is 26.5 Å². The summed E-state index contributed by atoms with van der Waals surface area (Å²) >= 11 is 0. The van der Waals surface area contributed by atoms with E-state index in [1.807, 2.05) is 36.4 Å². The third-order valence-corrected chi connectivity index (χ3v) is 15.4. The molecule has 0 bridgehead atoms. The second kappa shape index (κ2) is 12.3. The van der Waals surface area contributed by atoms with E-state index in [2.05, 4.69) is 77.9 Å². The number of methoxy groups -OCH3 is 4. The minimum absolute atomic E-state index is 0.0949. The molecule has 0 fully saturated rings. The highest BCUT2D eigenvalue weighted by Crippen LogP contribution is 2.70. The first kappa shape index (κ1) is 32.5. The van der Waals surface area contributed by atoms with Gasteiger partial charge in [-0.1, -0.05) is 77.9 Å². The highest BCUT2D eigenvalue weighted by Gasteiger charge is 2.55. The van der Waals surface area contributed by atoms with Crippen LogP contribution < -0.4 is 39.0 Å². The van der Waals surface area contributed by atoms with Crippen LogP contribution in [0.3, 0.4) is 0 Å². The summed E-state index contributed by atoms with van der Waals surface area (Å²) in [6.07, 6.45) is 0. The monoisotopic (exact) mass is 658 g/mol. The normalized spacial score (nSPS) is 20.3. The van der Waals surface area contributed by atoms with E-state index in [1.165, 1.54) is 10.6 Å². The van der Waals surface area contributed by atoms with Crippen LogP contribution in [0.1, 0.15) is 41.5 Å². The van der Waals surface area contributed by atoms with E-state index in [9.17, 15) is 0 Å². The quantitative estimate of drug-likeness (QED) is 0.185. The molecule has 0 spiro atoms. The van der Waals surface area contributed by atoms with Crippen molar-refractivity contribution in [3.05, 3.63) is 72.8 Å². The molecular formula is C38H44O6P2. The smallest absolute Gasteiger partial charge is 0.162 e. The third kappa shape index (κ3) is 5.38. The van der Waals surface area contributed by atoms with Gasteiger partial charge in [-0.05, 0) is 62.6 Å². The van der Waals surface area contributed by atoms with E-state index >= 15 is 0 Å². The van der Waals surface area contributed by atoms with E-state index in [0.717, 1.165) is 56.8 Å². The second-order valence-corrected chi connectivity index (χ2v) is 19.6. The van der Waals surface area contributed by atoms with Gasteiger partial charge >= 0.3 is 0 Å². The van der Waals surface area contributed by atoms with Crippen molar-refractivity contribution in [1.82, 2.24) is 0 Å². The Bertz CT molecular complexity index is 1580. The molecule has 8 heteroatoms. The van der Waals surface area contributed by atoms with Gasteiger partial charge in [0.2, 0.25) is 0 Å². The average Bonchev–Trinajstić information content (AvgIpc) is 3.63. The lowest BCUT2D eigenvalue weighted by atomic mass is 10.0. The molecule has 2 aliphatic heterocycles. The van der Waals surface area contributed by atoms with Crippen LogP contribution in [-0.4, -0.2) is 50.4 Å². The van der Waals surface area contributed by atoms with Gasteiger partial charge in [-0.3, -0.25) is 0 Å². The summed E-state index contributed by atoms with van der Waals surface area (Å²) in [5.74, 6) is 4.58. The Kier molecular flexibility index (Phi) is 8.68. The molecule has 0 aliphatic carbocycles. The fraction of sp³-hybridized carbons (Fsp3) is 0.368. The van der Waals surface area contributed by atoms with Gasteiger partial charge in [0, 0.05) is 21.7 Å². The molecule has 4 atom stereocenters. The van der Waals surface area contributed by atoms with Crippen LogP contribution in [0, 0.1) is 0 Å². The van der Waals surface area contributed by atoms with E-state index < -0.39 is 15.8 Å². The minimum Gasteiger partial charge on any atom is -0.496 e.